The molecule has 1 aromatic carbocycles. The lowest BCUT2D eigenvalue weighted by molar-refractivity contribution is 0.105. The summed E-state index contributed by atoms with van der Waals surface area (Å²) in [6.07, 6.45) is 5.16. The molecule has 1 aromatic rings. The maximum atomic E-state index is 12.3. The van der Waals surface area contributed by atoms with Gasteiger partial charge in [0, 0.05) is 5.56 Å². The molecule has 0 radical (unpaired) electrons. The number of hydrogen-bond acceptors (Lipinski definition) is 3. The van der Waals surface area contributed by atoms with Crippen LogP contribution in [0.4, 0.5) is 0 Å². The molecule has 1 rings (SSSR count). The minimum absolute atomic E-state index is 0.0293. The number of carbonyl (C=O) groups is 1. The molecule has 104 valence electrons. The SMILES string of the molecule is CCCCCC/C(=N\OC)C(=O)c1ccc(C)cc1. The van der Waals surface area contributed by atoms with E-state index in [0.717, 1.165) is 18.4 Å². The van der Waals surface area contributed by atoms with Gasteiger partial charge in [-0.1, -0.05) is 61.2 Å². The highest BCUT2D eigenvalue weighted by molar-refractivity contribution is 6.45. The Balaban J connectivity index is 2.68. The lowest BCUT2D eigenvalue weighted by Gasteiger charge is -2.05. The van der Waals surface area contributed by atoms with Crippen molar-refractivity contribution in [3.63, 3.8) is 0 Å². The first-order valence-corrected chi connectivity index (χ1v) is 6.90. The molecule has 0 aromatic heterocycles. The van der Waals surface area contributed by atoms with Gasteiger partial charge in [-0.2, -0.15) is 0 Å². The summed E-state index contributed by atoms with van der Waals surface area (Å²) >= 11 is 0. The monoisotopic (exact) mass is 261 g/mol. The van der Waals surface area contributed by atoms with Gasteiger partial charge < -0.3 is 4.84 Å². The van der Waals surface area contributed by atoms with Crippen LogP contribution in [-0.4, -0.2) is 18.6 Å². The third-order valence-electron chi connectivity index (χ3n) is 3.04. The van der Waals surface area contributed by atoms with Crippen LogP contribution in [-0.2, 0) is 4.84 Å². The van der Waals surface area contributed by atoms with Crippen molar-refractivity contribution in [2.24, 2.45) is 5.16 Å². The van der Waals surface area contributed by atoms with Gasteiger partial charge in [-0.3, -0.25) is 4.79 Å². The molecule has 19 heavy (non-hydrogen) atoms. The first-order valence-electron chi connectivity index (χ1n) is 6.90. The molecule has 0 heterocycles. The van der Waals surface area contributed by atoms with Crippen molar-refractivity contribution in [1.29, 1.82) is 0 Å². The molecule has 0 spiro atoms. The second kappa shape index (κ2) is 8.46. The van der Waals surface area contributed by atoms with Crippen LogP contribution >= 0.6 is 0 Å². The van der Waals surface area contributed by atoms with E-state index < -0.39 is 0 Å². The summed E-state index contributed by atoms with van der Waals surface area (Å²) in [5, 5.41) is 3.89. The Morgan fingerprint density at radius 1 is 1.16 bits per heavy atom. The largest absolute Gasteiger partial charge is 0.399 e. The zero-order valence-corrected chi connectivity index (χ0v) is 12.1. The first kappa shape index (κ1) is 15.4. The van der Waals surface area contributed by atoms with Crippen molar-refractivity contribution in [2.75, 3.05) is 7.11 Å². The number of benzene rings is 1. The summed E-state index contributed by atoms with van der Waals surface area (Å²) in [7, 11) is 1.48. The number of nitrogens with zero attached hydrogens (tertiary/aromatic N) is 1. The molecule has 0 saturated carbocycles. The molecule has 0 unspecified atom stereocenters. The van der Waals surface area contributed by atoms with E-state index in [2.05, 4.69) is 12.1 Å². The molecule has 0 atom stereocenters. The molecule has 0 aliphatic heterocycles. The molecular formula is C16H23NO2. The van der Waals surface area contributed by atoms with Crippen molar-refractivity contribution < 1.29 is 9.63 Å². The quantitative estimate of drug-likeness (QED) is 0.305. The van der Waals surface area contributed by atoms with Gasteiger partial charge in [0.25, 0.3) is 0 Å². The lowest BCUT2D eigenvalue weighted by atomic mass is 10.0. The van der Waals surface area contributed by atoms with E-state index in [4.69, 9.17) is 4.84 Å². The fourth-order valence-electron chi connectivity index (χ4n) is 1.90. The predicted molar refractivity (Wildman–Crippen MR) is 78.7 cm³/mol. The van der Waals surface area contributed by atoms with Crippen molar-refractivity contribution in [2.45, 2.75) is 46.0 Å². The van der Waals surface area contributed by atoms with E-state index in [9.17, 15) is 4.79 Å². The number of hydrogen-bond donors (Lipinski definition) is 0. The Labute approximate surface area is 115 Å². The summed E-state index contributed by atoms with van der Waals surface area (Å²) in [6.45, 7) is 4.17. The average Bonchev–Trinajstić information content (AvgIpc) is 2.42. The molecular weight excluding hydrogens is 238 g/mol. The number of carbonyl (C=O) groups excluding carboxylic acids is 1. The average molecular weight is 261 g/mol. The van der Waals surface area contributed by atoms with E-state index in [-0.39, 0.29) is 5.78 Å². The Morgan fingerprint density at radius 2 is 1.84 bits per heavy atom. The maximum Gasteiger partial charge on any atom is 0.210 e. The number of unbranched alkanes of at least 4 members (excludes halogenated alkanes) is 3. The second-order valence-electron chi connectivity index (χ2n) is 4.73. The Morgan fingerprint density at radius 3 is 2.42 bits per heavy atom. The standard InChI is InChI=1S/C16H23NO2/c1-4-5-6-7-8-15(17-19-3)16(18)14-11-9-13(2)10-12-14/h9-12H,4-8H2,1-3H3/b17-15+. The third kappa shape index (κ3) is 5.25. The van der Waals surface area contributed by atoms with Gasteiger partial charge in [0.2, 0.25) is 5.78 Å². The van der Waals surface area contributed by atoms with Crippen LogP contribution in [0.25, 0.3) is 0 Å². The molecule has 0 fully saturated rings. The normalized spacial score (nSPS) is 11.4. The second-order valence-corrected chi connectivity index (χ2v) is 4.73. The minimum Gasteiger partial charge on any atom is -0.399 e. The van der Waals surface area contributed by atoms with E-state index in [0.29, 0.717) is 17.7 Å². The fraction of sp³-hybridized carbons (Fsp3) is 0.500. The van der Waals surface area contributed by atoms with E-state index in [1.54, 1.807) is 0 Å². The van der Waals surface area contributed by atoms with Crippen molar-refractivity contribution in [1.82, 2.24) is 0 Å². The van der Waals surface area contributed by atoms with E-state index in [1.807, 2.05) is 31.2 Å². The van der Waals surface area contributed by atoms with Crippen molar-refractivity contribution in [3.05, 3.63) is 35.4 Å². The number of ketones is 1. The maximum absolute atomic E-state index is 12.3. The van der Waals surface area contributed by atoms with Crippen LogP contribution in [0.3, 0.4) is 0 Å². The van der Waals surface area contributed by atoms with Crippen LogP contribution < -0.4 is 0 Å². The smallest absolute Gasteiger partial charge is 0.210 e. The summed E-state index contributed by atoms with van der Waals surface area (Å²) in [5.41, 5.74) is 2.34. The van der Waals surface area contributed by atoms with Gasteiger partial charge in [-0.25, -0.2) is 0 Å². The summed E-state index contributed by atoms with van der Waals surface area (Å²) in [6, 6.07) is 7.56. The van der Waals surface area contributed by atoms with Gasteiger partial charge in [0.15, 0.2) is 0 Å². The zero-order valence-electron chi connectivity index (χ0n) is 12.1. The fourth-order valence-corrected chi connectivity index (χ4v) is 1.90. The zero-order chi connectivity index (χ0) is 14.1. The molecule has 0 aliphatic carbocycles. The van der Waals surface area contributed by atoms with Crippen LogP contribution in [0.1, 0.15) is 54.9 Å². The first-order chi connectivity index (χ1) is 9.19. The van der Waals surface area contributed by atoms with Crippen LogP contribution in [0.2, 0.25) is 0 Å². The molecule has 0 N–H and O–H groups in total. The van der Waals surface area contributed by atoms with Gasteiger partial charge in [-0.05, 0) is 19.8 Å². The molecule has 0 bridgehead atoms. The Hall–Kier alpha value is -1.64. The summed E-state index contributed by atoms with van der Waals surface area (Å²) < 4.78 is 0. The molecule has 3 nitrogen and oxygen atoms in total. The number of aryl methyl sites for hydroxylation is 1. The topological polar surface area (TPSA) is 38.7 Å². The van der Waals surface area contributed by atoms with Crippen LogP contribution in [0.15, 0.2) is 29.4 Å². The Kier molecular flexibility index (Phi) is 6.86. The summed E-state index contributed by atoms with van der Waals surface area (Å²) in [5.74, 6) is -0.0293. The van der Waals surface area contributed by atoms with Crippen LogP contribution in [0.5, 0.6) is 0 Å². The van der Waals surface area contributed by atoms with Gasteiger partial charge in [0.1, 0.15) is 12.8 Å². The molecule has 3 heteroatoms. The highest BCUT2D eigenvalue weighted by atomic mass is 16.6. The van der Waals surface area contributed by atoms with Crippen molar-refractivity contribution >= 4 is 11.5 Å². The van der Waals surface area contributed by atoms with Gasteiger partial charge in [0.05, 0.1) is 0 Å². The third-order valence-corrected chi connectivity index (χ3v) is 3.04. The van der Waals surface area contributed by atoms with Crippen LogP contribution in [0, 0.1) is 6.92 Å². The van der Waals surface area contributed by atoms with Crippen molar-refractivity contribution in [3.8, 4) is 0 Å². The van der Waals surface area contributed by atoms with E-state index in [1.165, 1.54) is 20.0 Å². The molecule has 0 saturated heterocycles. The van der Waals surface area contributed by atoms with E-state index >= 15 is 0 Å². The molecule has 0 aliphatic rings. The summed E-state index contributed by atoms with van der Waals surface area (Å²) in [4.78, 5) is 17.1. The number of oxime groups is 1. The number of Topliss-reactive ketones (excluding diaryl/α,β-unsaturated/α-hetero) is 1. The predicted octanol–water partition coefficient (Wildman–Crippen LogP) is 4.15. The van der Waals surface area contributed by atoms with Gasteiger partial charge >= 0.3 is 0 Å². The lowest BCUT2D eigenvalue weighted by Crippen LogP contribution is -2.15. The minimum atomic E-state index is -0.0293. The number of rotatable bonds is 8. The molecule has 0 amide bonds. The highest BCUT2D eigenvalue weighted by Crippen LogP contribution is 2.10. The highest BCUT2D eigenvalue weighted by Gasteiger charge is 2.14. The van der Waals surface area contributed by atoms with Gasteiger partial charge in [-0.15, -0.1) is 0 Å². The Bertz CT molecular complexity index is 421.